The summed E-state index contributed by atoms with van der Waals surface area (Å²) in [7, 11) is 0. The maximum Gasteiger partial charge on any atom is 0.216 e. The number of aromatic nitrogens is 5. The van der Waals surface area contributed by atoms with Gasteiger partial charge in [0.25, 0.3) is 0 Å². The number of hydrogen-bond acceptors (Lipinski definition) is 3. The molecule has 3 N–H and O–H groups in total. The maximum absolute atomic E-state index is 4.47. The molecule has 6 nitrogen and oxygen atoms in total. The van der Waals surface area contributed by atoms with Crippen molar-refractivity contribution in [3.63, 3.8) is 0 Å². The van der Waals surface area contributed by atoms with Crippen molar-refractivity contribution in [2.24, 2.45) is 0 Å². The zero-order valence-electron chi connectivity index (χ0n) is 18.5. The van der Waals surface area contributed by atoms with Crippen molar-refractivity contribution in [1.82, 2.24) is 25.2 Å². The molecule has 0 aliphatic rings. The number of para-hydroxylation sites is 2. The Bertz CT molecular complexity index is 1150. The van der Waals surface area contributed by atoms with E-state index < -0.39 is 0 Å². The fourth-order valence-corrected chi connectivity index (χ4v) is 4.42. The Kier molecular flexibility index (Phi) is 5.43. The number of nitrogens with zero attached hydrogens (tertiary/aromatic N) is 4. The minimum absolute atomic E-state index is 0.210. The van der Waals surface area contributed by atoms with Crippen molar-refractivity contribution in [2.45, 2.75) is 53.0 Å². The van der Waals surface area contributed by atoms with E-state index in [0.29, 0.717) is 0 Å². The van der Waals surface area contributed by atoms with Gasteiger partial charge in [-0.3, -0.25) is 0 Å². The highest BCUT2D eigenvalue weighted by Gasteiger charge is 2.35. The van der Waals surface area contributed by atoms with Gasteiger partial charge in [-0.25, -0.2) is 0 Å². The summed E-state index contributed by atoms with van der Waals surface area (Å²) in [5, 5.41) is 16.6. The van der Waals surface area contributed by atoms with Gasteiger partial charge in [0.05, 0.1) is 12.2 Å². The van der Waals surface area contributed by atoms with Crippen LogP contribution in [0.1, 0.15) is 48.5 Å². The van der Waals surface area contributed by atoms with Gasteiger partial charge in [0.2, 0.25) is 5.82 Å². The Hall–Kier alpha value is -2.99. The zero-order valence-corrected chi connectivity index (χ0v) is 18.5. The Morgan fingerprint density at radius 1 is 1.03 bits per heavy atom. The average molecular weight is 404 g/mol. The first-order valence-corrected chi connectivity index (χ1v) is 10.7. The van der Waals surface area contributed by atoms with Crippen molar-refractivity contribution < 1.29 is 5.32 Å². The van der Waals surface area contributed by atoms with Crippen LogP contribution in [0.5, 0.6) is 0 Å². The molecule has 0 radical (unpaired) electrons. The highest BCUT2D eigenvalue weighted by molar-refractivity contribution is 5.84. The lowest BCUT2D eigenvalue weighted by Crippen LogP contribution is -2.94. The standard InChI is InChI=1S/C24H30N6/c1-6-24(5,23-27-28-29-30(23)22-16(2)10-9-11-17(22)3)25-15-14-19-18(4)26-21-13-8-7-12-20(19)21/h7-13,25-26H,6,14-15H2,1-5H3/p+1/t24-/m0/s1. The SMILES string of the molecule is CC[C@](C)([NH2+]CCc1c(C)[nH]c2ccccc12)c1nnnn1-c1c(C)cccc1C. The largest absolute Gasteiger partial charge is 0.358 e. The van der Waals surface area contributed by atoms with E-state index in [1.165, 1.54) is 33.3 Å². The molecule has 0 fully saturated rings. The topological polar surface area (TPSA) is 76.0 Å². The average Bonchev–Trinajstić information content (AvgIpc) is 3.33. The van der Waals surface area contributed by atoms with Gasteiger partial charge in [0, 0.05) is 29.4 Å². The van der Waals surface area contributed by atoms with Gasteiger partial charge in [-0.15, -0.1) is 5.10 Å². The van der Waals surface area contributed by atoms with Gasteiger partial charge in [-0.05, 0) is 60.9 Å². The number of tetrazole rings is 1. The fraction of sp³-hybridized carbons (Fsp3) is 0.375. The fourth-order valence-electron chi connectivity index (χ4n) is 4.42. The van der Waals surface area contributed by atoms with Crippen molar-refractivity contribution in [1.29, 1.82) is 0 Å². The predicted octanol–water partition coefficient (Wildman–Crippen LogP) is 3.50. The van der Waals surface area contributed by atoms with Crippen molar-refractivity contribution in [3.8, 4) is 5.69 Å². The number of quaternary nitrogens is 1. The number of hydrogen-bond donors (Lipinski definition) is 2. The molecule has 0 unspecified atom stereocenters. The monoisotopic (exact) mass is 403 g/mol. The van der Waals surface area contributed by atoms with Crippen LogP contribution in [0.15, 0.2) is 42.5 Å². The summed E-state index contributed by atoms with van der Waals surface area (Å²) < 4.78 is 1.93. The molecule has 2 heterocycles. The van der Waals surface area contributed by atoms with Crippen LogP contribution in [0.4, 0.5) is 0 Å². The molecule has 0 aliphatic carbocycles. The second-order valence-corrected chi connectivity index (χ2v) is 8.44. The van der Waals surface area contributed by atoms with Crippen LogP contribution in [0.2, 0.25) is 0 Å². The summed E-state index contributed by atoms with van der Waals surface area (Å²) in [6, 6.07) is 14.8. The van der Waals surface area contributed by atoms with Crippen LogP contribution in [-0.2, 0) is 12.0 Å². The van der Waals surface area contributed by atoms with E-state index in [-0.39, 0.29) is 5.54 Å². The molecule has 0 saturated carbocycles. The molecule has 1 atom stereocenters. The van der Waals surface area contributed by atoms with Gasteiger partial charge >= 0.3 is 0 Å². The molecule has 0 amide bonds. The third-order valence-corrected chi connectivity index (χ3v) is 6.38. The highest BCUT2D eigenvalue weighted by atomic mass is 15.6. The van der Waals surface area contributed by atoms with Crippen LogP contribution in [0.3, 0.4) is 0 Å². The van der Waals surface area contributed by atoms with Crippen LogP contribution < -0.4 is 5.32 Å². The van der Waals surface area contributed by atoms with E-state index in [2.05, 4.69) is 103 Å². The van der Waals surface area contributed by atoms with Gasteiger partial charge in [0.1, 0.15) is 0 Å². The van der Waals surface area contributed by atoms with Gasteiger partial charge < -0.3 is 10.3 Å². The van der Waals surface area contributed by atoms with E-state index in [4.69, 9.17) is 0 Å². The lowest BCUT2D eigenvalue weighted by molar-refractivity contribution is -0.734. The molecule has 2 aromatic carbocycles. The number of aryl methyl sites for hydroxylation is 3. The zero-order chi connectivity index (χ0) is 21.3. The lowest BCUT2D eigenvalue weighted by Gasteiger charge is -2.25. The number of aromatic amines is 1. The summed E-state index contributed by atoms with van der Waals surface area (Å²) in [5.41, 5.74) is 7.09. The van der Waals surface area contributed by atoms with E-state index in [9.17, 15) is 0 Å². The van der Waals surface area contributed by atoms with Crippen LogP contribution in [0, 0.1) is 20.8 Å². The molecule has 0 spiro atoms. The van der Waals surface area contributed by atoms with E-state index in [0.717, 1.165) is 30.9 Å². The van der Waals surface area contributed by atoms with E-state index >= 15 is 0 Å². The van der Waals surface area contributed by atoms with Crippen molar-refractivity contribution >= 4 is 10.9 Å². The van der Waals surface area contributed by atoms with Crippen LogP contribution in [-0.4, -0.2) is 31.7 Å². The third kappa shape index (κ3) is 3.52. The van der Waals surface area contributed by atoms with E-state index in [1.54, 1.807) is 0 Å². The number of nitrogens with one attached hydrogen (secondary N) is 1. The molecular formula is C24H31N6+. The summed E-state index contributed by atoms with van der Waals surface area (Å²) in [6.07, 6.45) is 1.93. The molecule has 6 heteroatoms. The summed E-state index contributed by atoms with van der Waals surface area (Å²) >= 11 is 0. The molecule has 2 aromatic heterocycles. The molecule has 0 aliphatic heterocycles. The van der Waals surface area contributed by atoms with Gasteiger partial charge in [-0.2, -0.15) is 4.68 Å². The second kappa shape index (κ2) is 8.03. The van der Waals surface area contributed by atoms with Gasteiger partial charge in [0.15, 0.2) is 5.54 Å². The molecule has 0 saturated heterocycles. The number of fused-ring (bicyclic) bond motifs is 1. The Labute approximate surface area is 177 Å². The number of rotatable bonds is 7. The first-order chi connectivity index (χ1) is 14.4. The Morgan fingerprint density at radius 2 is 1.77 bits per heavy atom. The normalized spacial score (nSPS) is 13.6. The quantitative estimate of drug-likeness (QED) is 0.496. The Balaban J connectivity index is 1.60. The molecule has 4 aromatic rings. The van der Waals surface area contributed by atoms with Crippen LogP contribution >= 0.6 is 0 Å². The molecule has 30 heavy (non-hydrogen) atoms. The van der Waals surface area contributed by atoms with Crippen LogP contribution in [0.25, 0.3) is 16.6 Å². The number of H-pyrrole nitrogens is 1. The minimum atomic E-state index is -0.210. The summed E-state index contributed by atoms with van der Waals surface area (Å²) in [6.45, 7) is 11.8. The van der Waals surface area contributed by atoms with Gasteiger partial charge in [-0.1, -0.05) is 43.3 Å². The van der Waals surface area contributed by atoms with E-state index in [1.807, 2.05) is 4.68 Å². The first kappa shape index (κ1) is 20.3. The predicted molar refractivity (Wildman–Crippen MR) is 120 cm³/mol. The Morgan fingerprint density at radius 3 is 2.50 bits per heavy atom. The first-order valence-electron chi connectivity index (χ1n) is 10.7. The number of benzene rings is 2. The molecular weight excluding hydrogens is 372 g/mol. The summed E-state index contributed by atoms with van der Waals surface area (Å²) in [4.78, 5) is 3.51. The van der Waals surface area contributed by atoms with Crippen molar-refractivity contribution in [3.05, 3.63) is 70.7 Å². The summed E-state index contributed by atoms with van der Waals surface area (Å²) in [5.74, 6) is 0.901. The smallest absolute Gasteiger partial charge is 0.216 e. The minimum Gasteiger partial charge on any atom is -0.358 e. The van der Waals surface area contributed by atoms with Crippen molar-refractivity contribution in [2.75, 3.05) is 6.54 Å². The lowest BCUT2D eigenvalue weighted by atomic mass is 9.96. The molecule has 4 rings (SSSR count). The molecule has 0 bridgehead atoms. The highest BCUT2D eigenvalue weighted by Crippen LogP contribution is 2.25. The maximum atomic E-state index is 4.47. The second-order valence-electron chi connectivity index (χ2n) is 8.44. The third-order valence-electron chi connectivity index (χ3n) is 6.38. The number of nitrogens with two attached hydrogens (primary N) is 1. The molecule has 156 valence electrons.